The minimum atomic E-state index is -0.0369. The highest BCUT2D eigenvalue weighted by Crippen LogP contribution is 2.33. The monoisotopic (exact) mass is 325 g/mol. The fourth-order valence-corrected chi connectivity index (χ4v) is 3.93. The molecule has 0 bridgehead atoms. The van der Waals surface area contributed by atoms with Crippen LogP contribution in [-0.4, -0.2) is 40.0 Å². The zero-order valence-corrected chi connectivity index (χ0v) is 14.2. The maximum Gasteiger partial charge on any atom is 0.281 e. The summed E-state index contributed by atoms with van der Waals surface area (Å²) in [5.74, 6) is -0.0369. The number of aromatic nitrogens is 3. The largest absolute Gasteiger partial charge is 0.317 e. The van der Waals surface area contributed by atoms with Crippen LogP contribution in [0.5, 0.6) is 0 Å². The molecule has 0 radical (unpaired) electrons. The predicted molar refractivity (Wildman–Crippen MR) is 92.3 cm³/mol. The van der Waals surface area contributed by atoms with E-state index in [0.29, 0.717) is 11.7 Å². The second kappa shape index (κ2) is 6.02. The Morgan fingerprint density at radius 3 is 2.79 bits per heavy atom. The lowest BCUT2D eigenvalue weighted by atomic mass is 10.1. The molecule has 4 rings (SSSR count). The molecule has 1 fully saturated rings. The summed E-state index contributed by atoms with van der Waals surface area (Å²) in [7, 11) is 0. The van der Waals surface area contributed by atoms with Crippen molar-refractivity contribution in [2.45, 2.75) is 45.2 Å². The number of amides is 1. The van der Waals surface area contributed by atoms with Crippen molar-refractivity contribution in [2.75, 3.05) is 18.0 Å². The van der Waals surface area contributed by atoms with Gasteiger partial charge in [0.15, 0.2) is 5.69 Å². The highest BCUT2D eigenvalue weighted by Gasteiger charge is 2.34. The van der Waals surface area contributed by atoms with Crippen molar-refractivity contribution in [1.82, 2.24) is 20.3 Å². The lowest BCUT2D eigenvalue weighted by molar-refractivity contribution is 0.0976. The number of rotatable bonds is 2. The molecule has 1 amide bonds. The van der Waals surface area contributed by atoms with Gasteiger partial charge in [0, 0.05) is 11.7 Å². The standard InChI is InChI=1S/C18H23N5O/c1-12-11-14-5-3-4-6-16(14)22(12)18(24)17-13(2)23(21-20-17)15-7-9-19-10-8-15/h3-6,12,15,19H,7-11H2,1-2H3/t12-/m0/s1. The third-order valence-corrected chi connectivity index (χ3v) is 5.21. The van der Waals surface area contributed by atoms with Gasteiger partial charge in [0.2, 0.25) is 0 Å². The van der Waals surface area contributed by atoms with Gasteiger partial charge in [0.1, 0.15) is 0 Å². The van der Waals surface area contributed by atoms with Crippen molar-refractivity contribution in [3.8, 4) is 0 Å². The molecule has 2 aliphatic rings. The lowest BCUT2D eigenvalue weighted by Crippen LogP contribution is -2.36. The molecule has 24 heavy (non-hydrogen) atoms. The van der Waals surface area contributed by atoms with Crippen LogP contribution < -0.4 is 10.2 Å². The number of anilines is 1. The van der Waals surface area contributed by atoms with Crippen molar-refractivity contribution >= 4 is 11.6 Å². The average Bonchev–Trinajstić information content (AvgIpc) is 3.14. The van der Waals surface area contributed by atoms with E-state index in [4.69, 9.17) is 0 Å². The van der Waals surface area contributed by atoms with E-state index in [-0.39, 0.29) is 11.9 Å². The van der Waals surface area contributed by atoms with Crippen LogP contribution in [0.25, 0.3) is 0 Å². The fraction of sp³-hybridized carbons (Fsp3) is 0.500. The van der Waals surface area contributed by atoms with Crippen LogP contribution in [0.4, 0.5) is 5.69 Å². The quantitative estimate of drug-likeness (QED) is 0.918. The van der Waals surface area contributed by atoms with Gasteiger partial charge in [-0.15, -0.1) is 5.10 Å². The molecular weight excluding hydrogens is 302 g/mol. The second-order valence-corrected chi connectivity index (χ2v) is 6.81. The molecule has 6 heteroatoms. The Kier molecular flexibility index (Phi) is 3.84. The second-order valence-electron chi connectivity index (χ2n) is 6.81. The normalized spacial score (nSPS) is 21.1. The zero-order valence-electron chi connectivity index (χ0n) is 14.2. The number of hydrogen-bond donors (Lipinski definition) is 1. The van der Waals surface area contributed by atoms with E-state index in [0.717, 1.165) is 43.7 Å². The summed E-state index contributed by atoms with van der Waals surface area (Å²) < 4.78 is 1.95. The minimum Gasteiger partial charge on any atom is -0.317 e. The lowest BCUT2D eigenvalue weighted by Gasteiger charge is -2.24. The molecule has 0 saturated carbocycles. The van der Waals surface area contributed by atoms with Crippen molar-refractivity contribution in [2.24, 2.45) is 0 Å². The van der Waals surface area contributed by atoms with Gasteiger partial charge < -0.3 is 10.2 Å². The van der Waals surface area contributed by atoms with Gasteiger partial charge in [0.05, 0.1) is 11.7 Å². The summed E-state index contributed by atoms with van der Waals surface area (Å²) >= 11 is 0. The van der Waals surface area contributed by atoms with Gasteiger partial charge in [-0.2, -0.15) is 0 Å². The number of carbonyl (C=O) groups is 1. The van der Waals surface area contributed by atoms with Gasteiger partial charge >= 0.3 is 0 Å². The van der Waals surface area contributed by atoms with Crippen molar-refractivity contribution in [3.63, 3.8) is 0 Å². The average molecular weight is 325 g/mol. The number of carbonyl (C=O) groups excluding carboxylic acids is 1. The Morgan fingerprint density at radius 1 is 1.25 bits per heavy atom. The third-order valence-electron chi connectivity index (χ3n) is 5.21. The molecule has 3 heterocycles. The molecule has 1 N–H and O–H groups in total. The van der Waals surface area contributed by atoms with E-state index >= 15 is 0 Å². The minimum absolute atomic E-state index is 0.0369. The van der Waals surface area contributed by atoms with E-state index < -0.39 is 0 Å². The summed E-state index contributed by atoms with van der Waals surface area (Å²) in [4.78, 5) is 15.0. The predicted octanol–water partition coefficient (Wildman–Crippen LogP) is 2.10. The topological polar surface area (TPSA) is 63.1 Å². The first kappa shape index (κ1) is 15.3. The van der Waals surface area contributed by atoms with E-state index in [1.165, 1.54) is 5.56 Å². The first-order valence-corrected chi connectivity index (χ1v) is 8.71. The van der Waals surface area contributed by atoms with E-state index in [1.54, 1.807) is 0 Å². The number of fused-ring (bicyclic) bond motifs is 1. The molecule has 2 aliphatic heterocycles. The van der Waals surface area contributed by atoms with Gasteiger partial charge in [-0.1, -0.05) is 23.4 Å². The highest BCUT2D eigenvalue weighted by atomic mass is 16.2. The molecule has 126 valence electrons. The highest BCUT2D eigenvalue weighted by molar-refractivity contribution is 6.07. The number of hydrogen-bond acceptors (Lipinski definition) is 4. The van der Waals surface area contributed by atoms with Crippen molar-refractivity contribution in [3.05, 3.63) is 41.2 Å². The smallest absolute Gasteiger partial charge is 0.281 e. The molecule has 1 aromatic carbocycles. The SMILES string of the molecule is Cc1c(C(=O)N2c3ccccc3C[C@@H]2C)nnn1C1CCNCC1. The number of nitrogens with one attached hydrogen (secondary N) is 1. The third kappa shape index (κ3) is 2.41. The molecule has 1 aromatic heterocycles. The maximum absolute atomic E-state index is 13.1. The molecule has 2 aromatic rings. The van der Waals surface area contributed by atoms with Crippen molar-refractivity contribution < 1.29 is 4.79 Å². The van der Waals surface area contributed by atoms with Crippen LogP contribution in [0.3, 0.4) is 0 Å². The summed E-state index contributed by atoms with van der Waals surface area (Å²) in [6, 6.07) is 8.61. The molecule has 1 atom stereocenters. The van der Waals surface area contributed by atoms with Gasteiger partial charge in [-0.3, -0.25) is 4.79 Å². The first-order chi connectivity index (χ1) is 11.7. The number of piperidine rings is 1. The Bertz CT molecular complexity index is 763. The number of benzene rings is 1. The Balaban J connectivity index is 1.65. The summed E-state index contributed by atoms with van der Waals surface area (Å²) in [5, 5.41) is 11.9. The molecule has 1 saturated heterocycles. The molecule has 0 aliphatic carbocycles. The molecular formula is C18H23N5O. The van der Waals surface area contributed by atoms with Crippen LogP contribution in [0.1, 0.15) is 47.6 Å². The van der Waals surface area contributed by atoms with Crippen molar-refractivity contribution in [1.29, 1.82) is 0 Å². The van der Waals surface area contributed by atoms with Gasteiger partial charge in [-0.05, 0) is 57.8 Å². The molecule has 6 nitrogen and oxygen atoms in total. The fourth-order valence-electron chi connectivity index (χ4n) is 3.93. The maximum atomic E-state index is 13.1. The first-order valence-electron chi connectivity index (χ1n) is 8.71. The van der Waals surface area contributed by atoms with Gasteiger partial charge in [-0.25, -0.2) is 4.68 Å². The van der Waals surface area contributed by atoms with E-state index in [9.17, 15) is 4.79 Å². The Labute approximate surface area is 141 Å². The molecule has 0 spiro atoms. The molecule has 0 unspecified atom stereocenters. The van der Waals surface area contributed by atoms with Gasteiger partial charge in [0.25, 0.3) is 5.91 Å². The van der Waals surface area contributed by atoms with Crippen LogP contribution in [0.2, 0.25) is 0 Å². The van der Waals surface area contributed by atoms with Crippen LogP contribution in [-0.2, 0) is 6.42 Å². The Hall–Kier alpha value is -2.21. The summed E-state index contributed by atoms with van der Waals surface area (Å²) in [6.07, 6.45) is 2.95. The Morgan fingerprint density at radius 2 is 2.00 bits per heavy atom. The summed E-state index contributed by atoms with van der Waals surface area (Å²) in [6.45, 7) is 6.03. The summed E-state index contributed by atoms with van der Waals surface area (Å²) in [5.41, 5.74) is 3.59. The van der Waals surface area contributed by atoms with E-state index in [2.05, 4.69) is 28.6 Å². The number of para-hydroxylation sites is 1. The zero-order chi connectivity index (χ0) is 16.7. The van der Waals surface area contributed by atoms with E-state index in [1.807, 2.05) is 34.7 Å². The van der Waals surface area contributed by atoms with Crippen LogP contribution >= 0.6 is 0 Å². The number of nitrogens with zero attached hydrogens (tertiary/aromatic N) is 4. The van der Waals surface area contributed by atoms with Crippen LogP contribution in [0, 0.1) is 6.92 Å². The van der Waals surface area contributed by atoms with Crippen LogP contribution in [0.15, 0.2) is 24.3 Å².